The summed E-state index contributed by atoms with van der Waals surface area (Å²) in [5, 5.41) is 11.8. The first kappa shape index (κ1) is 30.0. The molecule has 0 unspecified atom stereocenters. The number of aliphatic hydroxyl groups is 1. The fourth-order valence-electron chi connectivity index (χ4n) is 5.58. The summed E-state index contributed by atoms with van der Waals surface area (Å²) in [6.07, 6.45) is -1.48. The van der Waals surface area contributed by atoms with Crippen LogP contribution in [-0.2, 0) is 24.9 Å². The Bertz CT molecular complexity index is 1710. The summed E-state index contributed by atoms with van der Waals surface area (Å²) in [6.45, 7) is -0.999. The van der Waals surface area contributed by atoms with Crippen molar-refractivity contribution < 1.29 is 23.0 Å². The summed E-state index contributed by atoms with van der Waals surface area (Å²) in [6, 6.07) is 27.9. The van der Waals surface area contributed by atoms with E-state index in [1.54, 1.807) is 0 Å². The normalized spacial score (nSPS) is 20.4. The largest absolute Gasteiger partial charge is 0.395 e. The second-order valence-corrected chi connectivity index (χ2v) is 12.2. The van der Waals surface area contributed by atoms with Crippen LogP contribution in [0.3, 0.4) is 0 Å². The lowest BCUT2D eigenvalue weighted by atomic mass is 9.80. The lowest BCUT2D eigenvalue weighted by molar-refractivity contribution is -0.0780. The topological polar surface area (TPSA) is 176 Å². The van der Waals surface area contributed by atoms with Gasteiger partial charge in [-0.25, -0.2) is 13.2 Å². The fraction of sp³-hybridized carbons (Fsp3) is 0.267. The Morgan fingerprint density at radius 1 is 0.930 bits per heavy atom. The van der Waals surface area contributed by atoms with E-state index in [4.69, 9.17) is 9.47 Å². The van der Waals surface area contributed by atoms with Crippen LogP contribution in [0.1, 0.15) is 22.9 Å². The molecule has 0 bridgehead atoms. The number of ether oxygens (including phenoxy) is 2. The van der Waals surface area contributed by atoms with E-state index in [-0.39, 0.29) is 6.61 Å². The molecule has 4 atom stereocenters. The van der Waals surface area contributed by atoms with Gasteiger partial charge in [-0.1, -0.05) is 96.1 Å². The Morgan fingerprint density at radius 2 is 1.47 bits per heavy atom. The van der Waals surface area contributed by atoms with Gasteiger partial charge in [0.15, 0.2) is 9.84 Å². The molecule has 13 heteroatoms. The van der Waals surface area contributed by atoms with Crippen molar-refractivity contribution in [3.05, 3.63) is 151 Å². The van der Waals surface area contributed by atoms with Crippen LogP contribution >= 0.6 is 0 Å². The number of aromatic amines is 1. The molecule has 1 aliphatic rings. The number of azide groups is 1. The average Bonchev–Trinajstić information content (AvgIpc) is 3.38. The minimum Gasteiger partial charge on any atom is -0.395 e. The van der Waals surface area contributed by atoms with Gasteiger partial charge in [-0.2, -0.15) is 0 Å². The summed E-state index contributed by atoms with van der Waals surface area (Å²) in [4.78, 5) is 29.4. The first-order valence-corrected chi connectivity index (χ1v) is 15.2. The molecule has 1 aromatic heterocycles. The van der Waals surface area contributed by atoms with Crippen molar-refractivity contribution in [3.8, 4) is 0 Å². The molecule has 0 spiro atoms. The van der Waals surface area contributed by atoms with Gasteiger partial charge in [0.05, 0.1) is 19.0 Å². The van der Waals surface area contributed by atoms with E-state index in [1.165, 1.54) is 0 Å². The van der Waals surface area contributed by atoms with Gasteiger partial charge < -0.3 is 14.6 Å². The van der Waals surface area contributed by atoms with E-state index in [9.17, 15) is 28.6 Å². The van der Waals surface area contributed by atoms with Crippen molar-refractivity contribution in [3.63, 3.8) is 0 Å². The van der Waals surface area contributed by atoms with Crippen LogP contribution in [0, 0.1) is 0 Å². The minimum absolute atomic E-state index is 0.319. The molecule has 43 heavy (non-hydrogen) atoms. The molecular weight excluding hydrogens is 574 g/mol. The smallest absolute Gasteiger partial charge is 0.330 e. The lowest BCUT2D eigenvalue weighted by Gasteiger charge is -2.37. The predicted molar refractivity (Wildman–Crippen MR) is 158 cm³/mol. The Balaban J connectivity index is 1.65. The number of rotatable bonds is 11. The van der Waals surface area contributed by atoms with Crippen LogP contribution in [0.5, 0.6) is 0 Å². The van der Waals surface area contributed by atoms with Gasteiger partial charge in [-0.15, -0.1) is 0 Å². The third kappa shape index (κ3) is 5.89. The maximum absolute atomic E-state index is 13.6. The molecule has 1 saturated heterocycles. The van der Waals surface area contributed by atoms with Gasteiger partial charge in [0.1, 0.15) is 29.2 Å². The summed E-state index contributed by atoms with van der Waals surface area (Å²) in [7, 11) is -4.16. The minimum atomic E-state index is -4.16. The molecule has 222 valence electrons. The second-order valence-electron chi connectivity index (χ2n) is 9.92. The average molecular weight is 604 g/mol. The highest BCUT2D eigenvalue weighted by atomic mass is 32.2. The Labute approximate surface area is 246 Å². The summed E-state index contributed by atoms with van der Waals surface area (Å²) in [5.41, 5.74) is 8.92. The zero-order valence-corrected chi connectivity index (χ0v) is 23.7. The van der Waals surface area contributed by atoms with Gasteiger partial charge in [-0.3, -0.25) is 14.3 Å². The molecule has 1 fully saturated rings. The quantitative estimate of drug-likeness (QED) is 0.115. The number of aliphatic hydroxyl groups excluding tert-OH is 1. The zero-order valence-electron chi connectivity index (χ0n) is 22.8. The third-order valence-electron chi connectivity index (χ3n) is 7.42. The monoisotopic (exact) mass is 603 g/mol. The molecule has 12 nitrogen and oxygen atoms in total. The first-order chi connectivity index (χ1) is 20.8. The second kappa shape index (κ2) is 12.8. The van der Waals surface area contributed by atoms with E-state index < -0.39 is 62.7 Å². The zero-order chi connectivity index (χ0) is 30.5. The maximum atomic E-state index is 13.6. The van der Waals surface area contributed by atoms with Crippen LogP contribution in [0.2, 0.25) is 0 Å². The molecule has 0 aliphatic carbocycles. The van der Waals surface area contributed by atoms with Crippen LogP contribution < -0.4 is 11.2 Å². The van der Waals surface area contributed by atoms with E-state index in [0.29, 0.717) is 0 Å². The van der Waals surface area contributed by atoms with E-state index >= 15 is 0 Å². The highest BCUT2D eigenvalue weighted by Crippen LogP contribution is 2.42. The van der Waals surface area contributed by atoms with E-state index in [1.807, 2.05) is 91.0 Å². The van der Waals surface area contributed by atoms with Crippen LogP contribution in [0.25, 0.3) is 10.4 Å². The molecular formula is C30H29N5O7S. The molecule has 5 rings (SSSR count). The number of hydrogen-bond acceptors (Lipinski definition) is 8. The number of H-pyrrole nitrogens is 1. The molecule has 4 aromatic rings. The Hall–Kier alpha value is -4.52. The molecule has 3 aromatic carbocycles. The fourth-order valence-corrected chi connectivity index (χ4v) is 7.32. The number of nitrogens with zero attached hydrogens (tertiary/aromatic N) is 4. The van der Waals surface area contributed by atoms with Gasteiger partial charge in [0, 0.05) is 17.2 Å². The van der Waals surface area contributed by atoms with Gasteiger partial charge in [-0.05, 0) is 22.2 Å². The van der Waals surface area contributed by atoms with Crippen molar-refractivity contribution in [2.24, 2.45) is 5.11 Å². The van der Waals surface area contributed by atoms with Crippen molar-refractivity contribution in [1.29, 1.82) is 0 Å². The molecule has 0 saturated carbocycles. The number of benzene rings is 3. The SMILES string of the molecule is [N-]=[N+]=N[C@@H]1[C@H](S(=O)(=O)CCO)[C@@H](COC(c2ccccc2)(c2ccccc2)c2ccccc2)O[C@H]1n1ccc(=O)[nH]c1=O. The summed E-state index contributed by atoms with van der Waals surface area (Å²) < 4.78 is 41.1. The number of hydrogen-bond donors (Lipinski definition) is 2. The first-order valence-electron chi connectivity index (χ1n) is 13.5. The highest BCUT2D eigenvalue weighted by Gasteiger charge is 2.53. The number of sulfone groups is 1. The molecule has 0 radical (unpaired) electrons. The summed E-state index contributed by atoms with van der Waals surface area (Å²) >= 11 is 0. The van der Waals surface area contributed by atoms with Crippen molar-refractivity contribution in [2.75, 3.05) is 19.0 Å². The maximum Gasteiger partial charge on any atom is 0.330 e. The standard InChI is InChI=1S/C30H29N5O7S/c31-34-33-26-27(43(39,40)19-18-36)24(42-28(26)35-17-16-25(37)32-29(35)38)20-41-30(21-10-4-1-5-11-21,22-12-6-2-7-13-22)23-14-8-3-9-15-23/h1-17,24,26-28,36H,18-20H2,(H,32,37,38)/t24-,26-,27-,28-/m1/s1. The van der Waals surface area contributed by atoms with Crippen molar-refractivity contribution in [2.45, 2.75) is 29.2 Å². The van der Waals surface area contributed by atoms with E-state index in [2.05, 4.69) is 15.0 Å². The van der Waals surface area contributed by atoms with E-state index in [0.717, 1.165) is 33.5 Å². The molecule has 1 aliphatic heterocycles. The number of aromatic nitrogens is 2. The van der Waals surface area contributed by atoms with Gasteiger partial charge in [0.2, 0.25) is 0 Å². The van der Waals surface area contributed by atoms with Gasteiger partial charge in [0.25, 0.3) is 5.56 Å². The van der Waals surface area contributed by atoms with Crippen molar-refractivity contribution in [1.82, 2.24) is 9.55 Å². The molecule has 0 amide bonds. The van der Waals surface area contributed by atoms with Crippen LogP contribution in [0.15, 0.2) is 118 Å². The van der Waals surface area contributed by atoms with Crippen LogP contribution in [-0.4, -0.2) is 59.4 Å². The molecule has 2 N–H and O–H groups in total. The number of nitrogens with one attached hydrogen (secondary N) is 1. The third-order valence-corrected chi connectivity index (χ3v) is 9.58. The Morgan fingerprint density at radius 3 is 1.93 bits per heavy atom. The molecule has 2 heterocycles. The van der Waals surface area contributed by atoms with Crippen LogP contribution in [0.4, 0.5) is 0 Å². The Kier molecular flexibility index (Phi) is 8.90. The summed E-state index contributed by atoms with van der Waals surface area (Å²) in [5.74, 6) is -0.636. The van der Waals surface area contributed by atoms with Crippen molar-refractivity contribution >= 4 is 9.84 Å². The van der Waals surface area contributed by atoms with Gasteiger partial charge >= 0.3 is 5.69 Å². The predicted octanol–water partition coefficient (Wildman–Crippen LogP) is 2.90. The lowest BCUT2D eigenvalue weighted by Crippen LogP contribution is -2.44. The highest BCUT2D eigenvalue weighted by molar-refractivity contribution is 7.92.